The Morgan fingerprint density at radius 1 is 0.946 bits per heavy atom. The first-order valence-corrected chi connectivity index (χ1v) is 17.0. The molecule has 11 atom stereocenters. The van der Waals surface area contributed by atoms with Crippen LogP contribution in [-0.2, 0) is 10.0 Å². The van der Waals surface area contributed by atoms with Crippen LogP contribution in [0.4, 0.5) is 0 Å². The number of hydrogen-bond donors (Lipinski definition) is 3. The summed E-state index contributed by atoms with van der Waals surface area (Å²) in [6.07, 6.45) is 11.6. The van der Waals surface area contributed by atoms with Crippen LogP contribution < -0.4 is 4.72 Å². The molecular weight excluding hydrogens is 482 g/mol. The molecule has 6 heteroatoms. The van der Waals surface area contributed by atoms with Gasteiger partial charge in [-0.2, -0.15) is 0 Å². The van der Waals surface area contributed by atoms with E-state index in [1.165, 1.54) is 25.7 Å². The topological polar surface area (TPSA) is 86.6 Å². The molecular formula is C31H57NO4S. The summed E-state index contributed by atoms with van der Waals surface area (Å²) in [4.78, 5) is 0. The van der Waals surface area contributed by atoms with Crippen LogP contribution in [0.5, 0.6) is 0 Å². The summed E-state index contributed by atoms with van der Waals surface area (Å²) in [5, 5.41) is 22.4. The molecule has 4 fully saturated rings. The Labute approximate surface area is 228 Å². The van der Waals surface area contributed by atoms with Crippen LogP contribution in [0.15, 0.2) is 0 Å². The van der Waals surface area contributed by atoms with E-state index in [0.29, 0.717) is 53.4 Å². The first-order chi connectivity index (χ1) is 17.2. The molecule has 0 radical (unpaired) electrons. The van der Waals surface area contributed by atoms with Gasteiger partial charge in [-0.1, -0.05) is 47.0 Å². The lowest BCUT2D eigenvalue weighted by Gasteiger charge is -2.64. The molecule has 4 aliphatic carbocycles. The molecule has 0 heterocycles. The standard InChI is InChI=1S/C31H57NO4S/c1-8-22-26-19-21(33)14-16-31(26,7)25-15-17-30(6)23(12-13-24(30)27(25)28(22)34)20(2)11-9-10-18-32-37(35,36)29(3,4)5/h20-28,32-34H,8-19H2,1-7H3/t20-,21-,22-,23-,24+,25+,26?,27-,28-,30?,31?/m1/s1. The largest absolute Gasteiger partial charge is 0.393 e. The Hall–Kier alpha value is -0.170. The van der Waals surface area contributed by atoms with Gasteiger partial charge in [-0.05, 0) is 124 Å². The van der Waals surface area contributed by atoms with Crippen LogP contribution in [0, 0.1) is 52.3 Å². The van der Waals surface area contributed by atoms with E-state index in [0.717, 1.165) is 44.9 Å². The van der Waals surface area contributed by atoms with E-state index in [2.05, 4.69) is 32.4 Å². The lowest BCUT2D eigenvalue weighted by atomic mass is 9.41. The second-order valence-corrected chi connectivity index (χ2v) is 17.6. The van der Waals surface area contributed by atoms with Crippen molar-refractivity contribution in [1.82, 2.24) is 4.72 Å². The highest BCUT2D eigenvalue weighted by atomic mass is 32.2. The zero-order valence-electron chi connectivity index (χ0n) is 24.8. The summed E-state index contributed by atoms with van der Waals surface area (Å²) in [5.74, 6) is 3.68. The number of unbranched alkanes of at least 4 members (excludes halogenated alkanes) is 1. The van der Waals surface area contributed by atoms with Gasteiger partial charge in [0, 0.05) is 6.54 Å². The maximum absolute atomic E-state index is 12.3. The predicted octanol–water partition coefficient (Wildman–Crippen LogP) is 6.14. The molecule has 216 valence electrons. The van der Waals surface area contributed by atoms with Crippen LogP contribution in [0.25, 0.3) is 0 Å². The molecule has 37 heavy (non-hydrogen) atoms. The van der Waals surface area contributed by atoms with Crippen molar-refractivity contribution in [1.29, 1.82) is 0 Å². The van der Waals surface area contributed by atoms with Crippen LogP contribution >= 0.6 is 0 Å². The molecule has 0 spiro atoms. The molecule has 0 aromatic rings. The Balaban J connectivity index is 1.41. The average Bonchev–Trinajstić information content (AvgIpc) is 3.16. The molecule has 5 nitrogen and oxygen atoms in total. The van der Waals surface area contributed by atoms with E-state index in [1.807, 2.05) is 0 Å². The third kappa shape index (κ3) is 5.20. The van der Waals surface area contributed by atoms with E-state index >= 15 is 0 Å². The minimum absolute atomic E-state index is 0.190. The molecule has 0 saturated heterocycles. The Bertz CT molecular complexity index is 899. The fourth-order valence-electron chi connectivity index (χ4n) is 10.1. The molecule has 3 N–H and O–H groups in total. The summed E-state index contributed by atoms with van der Waals surface area (Å²) in [6, 6.07) is 0. The van der Waals surface area contributed by atoms with E-state index in [4.69, 9.17) is 0 Å². The van der Waals surface area contributed by atoms with E-state index in [9.17, 15) is 18.6 Å². The Morgan fingerprint density at radius 2 is 1.59 bits per heavy atom. The monoisotopic (exact) mass is 539 g/mol. The molecule has 3 unspecified atom stereocenters. The third-order valence-electron chi connectivity index (χ3n) is 12.3. The summed E-state index contributed by atoms with van der Waals surface area (Å²) >= 11 is 0. The van der Waals surface area contributed by atoms with Crippen LogP contribution in [-0.4, -0.2) is 42.1 Å². The molecule has 0 aromatic carbocycles. The summed E-state index contributed by atoms with van der Waals surface area (Å²) in [5.41, 5.74) is 0.556. The fraction of sp³-hybridized carbons (Fsp3) is 1.00. The second kappa shape index (κ2) is 10.7. The van der Waals surface area contributed by atoms with Crippen molar-refractivity contribution in [2.75, 3.05) is 6.54 Å². The SMILES string of the molecule is CC[C@@H]1C2C[C@H](O)CCC2(C)[C@H]2CCC3(C)[C@@H]([C@H](C)CCCCNS(=O)(=O)C(C)(C)C)CC[C@H]3[C@H]2[C@@H]1O. The Morgan fingerprint density at radius 3 is 2.24 bits per heavy atom. The molecule has 0 bridgehead atoms. The van der Waals surface area contributed by atoms with Gasteiger partial charge in [0.2, 0.25) is 10.0 Å². The van der Waals surface area contributed by atoms with Gasteiger partial charge in [-0.3, -0.25) is 0 Å². The van der Waals surface area contributed by atoms with Gasteiger partial charge in [0.25, 0.3) is 0 Å². The molecule has 4 saturated carbocycles. The smallest absolute Gasteiger partial charge is 0.216 e. The van der Waals surface area contributed by atoms with E-state index in [1.54, 1.807) is 20.8 Å². The summed E-state index contributed by atoms with van der Waals surface area (Å²) < 4.78 is 26.7. The Kier molecular flexibility index (Phi) is 8.59. The van der Waals surface area contributed by atoms with Crippen molar-refractivity contribution in [3.63, 3.8) is 0 Å². The van der Waals surface area contributed by atoms with Crippen LogP contribution in [0.1, 0.15) is 119 Å². The lowest BCUT2D eigenvalue weighted by Crippen LogP contribution is -2.62. The minimum Gasteiger partial charge on any atom is -0.393 e. The highest BCUT2D eigenvalue weighted by molar-refractivity contribution is 7.90. The van der Waals surface area contributed by atoms with Crippen molar-refractivity contribution in [2.24, 2.45) is 52.3 Å². The quantitative estimate of drug-likeness (QED) is 0.324. The predicted molar refractivity (Wildman–Crippen MR) is 151 cm³/mol. The first-order valence-electron chi connectivity index (χ1n) is 15.5. The maximum atomic E-state index is 12.3. The normalized spacial score (nSPS) is 45.1. The van der Waals surface area contributed by atoms with E-state index in [-0.39, 0.29) is 17.6 Å². The minimum atomic E-state index is -3.27. The molecule has 0 amide bonds. The van der Waals surface area contributed by atoms with E-state index < -0.39 is 14.8 Å². The van der Waals surface area contributed by atoms with Gasteiger partial charge in [-0.15, -0.1) is 0 Å². The van der Waals surface area contributed by atoms with Crippen molar-refractivity contribution >= 4 is 10.0 Å². The van der Waals surface area contributed by atoms with Gasteiger partial charge in [0.15, 0.2) is 0 Å². The van der Waals surface area contributed by atoms with Crippen molar-refractivity contribution < 1.29 is 18.6 Å². The zero-order valence-corrected chi connectivity index (χ0v) is 25.6. The van der Waals surface area contributed by atoms with Crippen LogP contribution in [0.3, 0.4) is 0 Å². The third-order valence-corrected chi connectivity index (χ3v) is 14.5. The van der Waals surface area contributed by atoms with Gasteiger partial charge in [0.1, 0.15) is 0 Å². The second-order valence-electron chi connectivity index (χ2n) is 15.1. The van der Waals surface area contributed by atoms with Crippen molar-refractivity contribution in [3.05, 3.63) is 0 Å². The highest BCUT2D eigenvalue weighted by Crippen LogP contribution is 2.69. The average molecular weight is 540 g/mol. The maximum Gasteiger partial charge on any atom is 0.216 e. The lowest BCUT2D eigenvalue weighted by molar-refractivity contribution is -0.203. The molecule has 0 aromatic heterocycles. The first kappa shape index (κ1) is 29.8. The number of sulfonamides is 1. The number of hydrogen-bond acceptors (Lipinski definition) is 4. The van der Waals surface area contributed by atoms with Gasteiger partial charge < -0.3 is 10.2 Å². The number of fused-ring (bicyclic) bond motifs is 5. The number of nitrogens with one attached hydrogen (secondary N) is 1. The van der Waals surface area contributed by atoms with Gasteiger partial charge in [-0.25, -0.2) is 13.1 Å². The van der Waals surface area contributed by atoms with Gasteiger partial charge >= 0.3 is 0 Å². The van der Waals surface area contributed by atoms with Crippen LogP contribution in [0.2, 0.25) is 0 Å². The molecule has 4 rings (SSSR count). The van der Waals surface area contributed by atoms with Crippen molar-refractivity contribution in [2.45, 2.75) is 136 Å². The zero-order chi connectivity index (χ0) is 27.4. The fourth-order valence-corrected chi connectivity index (χ4v) is 11.0. The molecule has 0 aliphatic heterocycles. The number of rotatable bonds is 8. The summed E-state index contributed by atoms with van der Waals surface area (Å²) in [6.45, 7) is 15.5. The van der Waals surface area contributed by atoms with Crippen molar-refractivity contribution in [3.8, 4) is 0 Å². The van der Waals surface area contributed by atoms with Gasteiger partial charge in [0.05, 0.1) is 17.0 Å². The summed E-state index contributed by atoms with van der Waals surface area (Å²) in [7, 11) is -3.27. The molecule has 4 aliphatic rings. The number of aliphatic hydroxyl groups is 2. The number of aliphatic hydroxyl groups excluding tert-OH is 2. The highest BCUT2D eigenvalue weighted by Gasteiger charge is 2.64.